The van der Waals surface area contributed by atoms with Gasteiger partial charge in [0.05, 0.1) is 20.7 Å². The van der Waals surface area contributed by atoms with E-state index in [-0.39, 0.29) is 11.3 Å². The summed E-state index contributed by atoms with van der Waals surface area (Å²) in [5, 5.41) is 20.3. The first-order valence-corrected chi connectivity index (χ1v) is 7.41. The van der Waals surface area contributed by atoms with E-state index >= 15 is 0 Å². The minimum atomic E-state index is -0.965. The summed E-state index contributed by atoms with van der Waals surface area (Å²) in [5.41, 5.74) is 1.68. The van der Waals surface area contributed by atoms with Crippen molar-refractivity contribution >= 4 is 45.4 Å². The van der Waals surface area contributed by atoms with Crippen LogP contribution in [0.3, 0.4) is 0 Å². The fourth-order valence-corrected chi connectivity index (χ4v) is 2.87. The first-order valence-electron chi connectivity index (χ1n) is 6.59. The minimum Gasteiger partial charge on any atom is -0.478 e. The maximum absolute atomic E-state index is 10.8. The predicted molar refractivity (Wildman–Crippen MR) is 88.6 cm³/mol. The molecule has 0 aliphatic heterocycles. The normalized spacial score (nSPS) is 11.1. The molecule has 0 atom stereocenters. The van der Waals surface area contributed by atoms with Crippen LogP contribution in [0.4, 0.5) is 5.69 Å². The molecule has 3 rings (SSSR count). The average Bonchev–Trinajstić information content (AvgIpc) is 2.95. The fourth-order valence-electron chi connectivity index (χ4n) is 2.02. The van der Waals surface area contributed by atoms with Gasteiger partial charge in [-0.2, -0.15) is 0 Å². The molecule has 2 aromatic carbocycles. The number of rotatable bonds is 4. The zero-order chi connectivity index (χ0) is 16.4. The van der Waals surface area contributed by atoms with Crippen LogP contribution in [0.15, 0.2) is 42.5 Å². The Bertz CT molecular complexity index is 929. The van der Waals surface area contributed by atoms with Crippen LogP contribution in [0.25, 0.3) is 22.4 Å². The van der Waals surface area contributed by atoms with Gasteiger partial charge in [0.2, 0.25) is 0 Å². The smallest absolute Gasteiger partial charge is 0.335 e. The van der Waals surface area contributed by atoms with Gasteiger partial charge in [-0.1, -0.05) is 18.2 Å². The molecule has 0 spiro atoms. The van der Waals surface area contributed by atoms with E-state index in [1.165, 1.54) is 35.6 Å². The molecule has 0 aliphatic rings. The lowest BCUT2D eigenvalue weighted by Crippen LogP contribution is -1.94. The van der Waals surface area contributed by atoms with Crippen LogP contribution in [0.1, 0.15) is 20.9 Å². The highest BCUT2D eigenvalue weighted by atomic mass is 32.1. The molecule has 0 bridgehead atoms. The quantitative estimate of drug-likeness (QED) is 0.576. The zero-order valence-corrected chi connectivity index (χ0v) is 12.5. The molecule has 7 heteroatoms. The third-order valence-electron chi connectivity index (χ3n) is 3.17. The number of nitro benzene ring substituents is 1. The number of thiazole rings is 1. The van der Waals surface area contributed by atoms with Crippen molar-refractivity contribution in [3.05, 3.63) is 68.7 Å². The molecule has 0 saturated heterocycles. The third kappa shape index (κ3) is 3.24. The van der Waals surface area contributed by atoms with Crippen LogP contribution < -0.4 is 0 Å². The minimum absolute atomic E-state index is 0.0163. The number of aromatic nitrogens is 1. The Kier molecular flexibility index (Phi) is 3.86. The Morgan fingerprint density at radius 2 is 1.91 bits per heavy atom. The number of nitro groups is 1. The summed E-state index contributed by atoms with van der Waals surface area (Å²) in [4.78, 5) is 25.5. The van der Waals surface area contributed by atoms with Crippen LogP contribution in [0, 0.1) is 10.1 Å². The van der Waals surface area contributed by atoms with Gasteiger partial charge in [-0.05, 0) is 29.8 Å². The lowest BCUT2D eigenvalue weighted by molar-refractivity contribution is -0.384. The second kappa shape index (κ2) is 5.98. The van der Waals surface area contributed by atoms with Gasteiger partial charge in [0, 0.05) is 12.1 Å². The molecule has 6 nitrogen and oxygen atoms in total. The summed E-state index contributed by atoms with van der Waals surface area (Å²) in [6.07, 6.45) is 3.62. The molecule has 0 aliphatic carbocycles. The van der Waals surface area contributed by atoms with Crippen molar-refractivity contribution in [1.82, 2.24) is 4.98 Å². The fraction of sp³-hybridized carbons (Fsp3) is 0. The Morgan fingerprint density at radius 3 is 2.57 bits per heavy atom. The molecule has 23 heavy (non-hydrogen) atoms. The van der Waals surface area contributed by atoms with Crippen LogP contribution in [-0.4, -0.2) is 21.0 Å². The van der Waals surface area contributed by atoms with E-state index in [1.807, 2.05) is 6.08 Å². The molecule has 0 unspecified atom stereocenters. The number of benzene rings is 2. The van der Waals surface area contributed by atoms with Gasteiger partial charge >= 0.3 is 5.97 Å². The van der Waals surface area contributed by atoms with Crippen molar-refractivity contribution in [3.63, 3.8) is 0 Å². The molecule has 0 amide bonds. The molecule has 0 radical (unpaired) electrons. The summed E-state index contributed by atoms with van der Waals surface area (Å²) >= 11 is 1.43. The molecular weight excluding hydrogens is 316 g/mol. The average molecular weight is 326 g/mol. The predicted octanol–water partition coefficient (Wildman–Crippen LogP) is 4.07. The van der Waals surface area contributed by atoms with E-state index in [0.29, 0.717) is 5.52 Å². The monoisotopic (exact) mass is 326 g/mol. The molecule has 114 valence electrons. The number of carboxylic acid groups (broad SMARTS) is 1. The number of carbonyl (C=O) groups is 1. The highest BCUT2D eigenvalue weighted by molar-refractivity contribution is 7.19. The van der Waals surface area contributed by atoms with Gasteiger partial charge in [0.15, 0.2) is 0 Å². The molecule has 0 saturated carbocycles. The summed E-state index contributed by atoms with van der Waals surface area (Å²) in [5.74, 6) is -0.965. The Hall–Kier alpha value is -3.06. The van der Waals surface area contributed by atoms with Crippen LogP contribution in [0.5, 0.6) is 0 Å². The maximum atomic E-state index is 10.8. The number of non-ortho nitro benzene ring substituents is 1. The lowest BCUT2D eigenvalue weighted by atomic mass is 10.1. The lowest BCUT2D eigenvalue weighted by Gasteiger charge is -1.95. The van der Waals surface area contributed by atoms with Crippen molar-refractivity contribution in [2.75, 3.05) is 0 Å². The summed E-state index contributed by atoms with van der Waals surface area (Å²) in [6.45, 7) is 0. The summed E-state index contributed by atoms with van der Waals surface area (Å²) in [7, 11) is 0. The highest BCUT2D eigenvalue weighted by Gasteiger charge is 2.09. The Labute approximate surface area is 134 Å². The zero-order valence-electron chi connectivity index (χ0n) is 11.7. The molecule has 1 N–H and O–H groups in total. The van der Waals surface area contributed by atoms with Gasteiger partial charge in [-0.15, -0.1) is 11.3 Å². The van der Waals surface area contributed by atoms with E-state index < -0.39 is 10.9 Å². The standard InChI is InChI=1S/C16H10N2O4S/c19-16(20)11-4-1-10(2-5-11)3-8-15-17-13-9-12(18(21)22)6-7-14(13)23-15/h1-9H,(H,19,20)/b8-3+. The molecule has 1 aromatic heterocycles. The number of fused-ring (bicyclic) bond motifs is 1. The summed E-state index contributed by atoms with van der Waals surface area (Å²) in [6, 6.07) is 11.1. The van der Waals surface area contributed by atoms with Gasteiger partial charge in [0.25, 0.3) is 5.69 Å². The van der Waals surface area contributed by atoms with E-state index in [4.69, 9.17) is 5.11 Å². The maximum Gasteiger partial charge on any atom is 0.335 e. The number of hydrogen-bond acceptors (Lipinski definition) is 5. The summed E-state index contributed by atoms with van der Waals surface area (Å²) < 4.78 is 0.872. The van der Waals surface area contributed by atoms with Crippen molar-refractivity contribution in [3.8, 4) is 0 Å². The molecule has 1 heterocycles. The van der Waals surface area contributed by atoms with Gasteiger partial charge in [-0.25, -0.2) is 9.78 Å². The Morgan fingerprint density at radius 1 is 1.17 bits per heavy atom. The van der Waals surface area contributed by atoms with E-state index in [0.717, 1.165) is 15.3 Å². The third-order valence-corrected chi connectivity index (χ3v) is 4.18. The van der Waals surface area contributed by atoms with Gasteiger partial charge < -0.3 is 5.11 Å². The number of aromatic carboxylic acids is 1. The first kappa shape index (κ1) is 14.9. The van der Waals surface area contributed by atoms with Gasteiger partial charge in [0.1, 0.15) is 5.01 Å². The van der Waals surface area contributed by atoms with E-state index in [2.05, 4.69) is 4.98 Å². The number of nitrogens with zero attached hydrogens (tertiary/aromatic N) is 2. The topological polar surface area (TPSA) is 93.3 Å². The number of hydrogen-bond donors (Lipinski definition) is 1. The van der Waals surface area contributed by atoms with Crippen LogP contribution >= 0.6 is 11.3 Å². The van der Waals surface area contributed by atoms with Crippen molar-refractivity contribution in [2.24, 2.45) is 0 Å². The molecule has 0 fully saturated rings. The van der Waals surface area contributed by atoms with Crippen molar-refractivity contribution < 1.29 is 14.8 Å². The van der Waals surface area contributed by atoms with Crippen LogP contribution in [0.2, 0.25) is 0 Å². The van der Waals surface area contributed by atoms with E-state index in [9.17, 15) is 14.9 Å². The van der Waals surface area contributed by atoms with Crippen LogP contribution in [-0.2, 0) is 0 Å². The number of carboxylic acids is 1. The van der Waals surface area contributed by atoms with Crippen molar-refractivity contribution in [1.29, 1.82) is 0 Å². The molecule has 3 aromatic rings. The first-order chi connectivity index (χ1) is 11.0. The molecular formula is C16H10N2O4S. The second-order valence-corrected chi connectivity index (χ2v) is 5.78. The largest absolute Gasteiger partial charge is 0.478 e. The Balaban J connectivity index is 1.85. The second-order valence-electron chi connectivity index (χ2n) is 4.72. The van der Waals surface area contributed by atoms with E-state index in [1.54, 1.807) is 24.3 Å². The van der Waals surface area contributed by atoms with Crippen molar-refractivity contribution in [2.45, 2.75) is 0 Å². The highest BCUT2D eigenvalue weighted by Crippen LogP contribution is 2.27. The van der Waals surface area contributed by atoms with Gasteiger partial charge in [-0.3, -0.25) is 10.1 Å². The SMILES string of the molecule is O=C(O)c1ccc(/C=C/c2nc3cc([N+](=O)[O-])ccc3s2)cc1.